The summed E-state index contributed by atoms with van der Waals surface area (Å²) in [7, 11) is 0. The van der Waals surface area contributed by atoms with Crippen LogP contribution in [0.3, 0.4) is 0 Å². The lowest BCUT2D eigenvalue weighted by Gasteiger charge is -2.27. The molecule has 0 spiro atoms. The SMILES string of the molecule is Cc1ccoc1C1C(N)CCN1CC(C)C. The molecule has 0 radical (unpaired) electrons. The van der Waals surface area contributed by atoms with Crippen LogP contribution in [0, 0.1) is 12.8 Å². The molecule has 3 heteroatoms. The summed E-state index contributed by atoms with van der Waals surface area (Å²) in [4.78, 5) is 2.46. The molecule has 2 atom stereocenters. The van der Waals surface area contributed by atoms with E-state index in [2.05, 4.69) is 25.7 Å². The molecule has 1 aliphatic heterocycles. The highest BCUT2D eigenvalue weighted by Crippen LogP contribution is 2.33. The standard InChI is InChI=1S/C13H22N2O/c1-9(2)8-15-6-4-11(14)12(15)13-10(3)5-7-16-13/h5,7,9,11-12H,4,6,8,14H2,1-3H3. The lowest BCUT2D eigenvalue weighted by molar-refractivity contribution is 0.197. The van der Waals surface area contributed by atoms with Crippen LogP contribution in [0.15, 0.2) is 16.7 Å². The summed E-state index contributed by atoms with van der Waals surface area (Å²) in [5, 5.41) is 0. The molecule has 1 aromatic heterocycles. The van der Waals surface area contributed by atoms with Crippen molar-refractivity contribution in [2.75, 3.05) is 13.1 Å². The monoisotopic (exact) mass is 222 g/mol. The van der Waals surface area contributed by atoms with E-state index in [0.717, 1.165) is 25.3 Å². The number of likely N-dealkylation sites (tertiary alicyclic amines) is 1. The molecule has 0 amide bonds. The molecule has 2 rings (SSSR count). The number of nitrogens with zero attached hydrogens (tertiary/aromatic N) is 1. The van der Waals surface area contributed by atoms with Crippen LogP contribution in [0.1, 0.15) is 37.6 Å². The van der Waals surface area contributed by atoms with Crippen molar-refractivity contribution in [2.24, 2.45) is 11.7 Å². The molecule has 0 aliphatic carbocycles. The van der Waals surface area contributed by atoms with Crippen LogP contribution in [0.5, 0.6) is 0 Å². The molecule has 2 unspecified atom stereocenters. The minimum absolute atomic E-state index is 0.212. The van der Waals surface area contributed by atoms with Gasteiger partial charge < -0.3 is 10.2 Å². The molecule has 1 aromatic rings. The van der Waals surface area contributed by atoms with E-state index in [-0.39, 0.29) is 12.1 Å². The number of aryl methyl sites for hydroxylation is 1. The topological polar surface area (TPSA) is 42.4 Å². The molecule has 0 saturated carbocycles. The predicted molar refractivity (Wildman–Crippen MR) is 65.2 cm³/mol. The number of nitrogens with two attached hydrogens (primary N) is 1. The van der Waals surface area contributed by atoms with Gasteiger partial charge in [0, 0.05) is 19.1 Å². The Morgan fingerprint density at radius 2 is 2.31 bits per heavy atom. The Bertz CT molecular complexity index is 345. The molecule has 1 aliphatic rings. The first-order valence-electron chi connectivity index (χ1n) is 6.13. The van der Waals surface area contributed by atoms with Crippen LogP contribution in [0.25, 0.3) is 0 Å². The first-order chi connectivity index (χ1) is 7.59. The molecule has 2 heterocycles. The number of furan rings is 1. The van der Waals surface area contributed by atoms with Crippen molar-refractivity contribution in [3.05, 3.63) is 23.7 Å². The van der Waals surface area contributed by atoms with Crippen LogP contribution in [0.2, 0.25) is 0 Å². The Balaban J connectivity index is 2.19. The lowest BCUT2D eigenvalue weighted by atomic mass is 10.0. The summed E-state index contributed by atoms with van der Waals surface area (Å²) >= 11 is 0. The van der Waals surface area contributed by atoms with Crippen molar-refractivity contribution in [3.8, 4) is 0 Å². The van der Waals surface area contributed by atoms with E-state index in [0.29, 0.717) is 5.92 Å². The van der Waals surface area contributed by atoms with Gasteiger partial charge in [-0.3, -0.25) is 4.90 Å². The van der Waals surface area contributed by atoms with Gasteiger partial charge in [-0.2, -0.15) is 0 Å². The average molecular weight is 222 g/mol. The molecule has 0 bridgehead atoms. The van der Waals surface area contributed by atoms with Gasteiger partial charge in [0.2, 0.25) is 0 Å². The first-order valence-corrected chi connectivity index (χ1v) is 6.13. The number of rotatable bonds is 3. The number of hydrogen-bond acceptors (Lipinski definition) is 3. The summed E-state index contributed by atoms with van der Waals surface area (Å²) in [6.07, 6.45) is 2.83. The molecule has 0 aromatic carbocycles. The summed E-state index contributed by atoms with van der Waals surface area (Å²) in [5.74, 6) is 1.73. The van der Waals surface area contributed by atoms with Gasteiger partial charge in [-0.25, -0.2) is 0 Å². The lowest BCUT2D eigenvalue weighted by Crippen LogP contribution is -2.34. The zero-order valence-corrected chi connectivity index (χ0v) is 10.4. The minimum atomic E-state index is 0.212. The zero-order chi connectivity index (χ0) is 11.7. The maximum Gasteiger partial charge on any atom is 0.125 e. The van der Waals surface area contributed by atoms with Gasteiger partial charge in [-0.1, -0.05) is 13.8 Å². The van der Waals surface area contributed by atoms with Crippen LogP contribution in [0.4, 0.5) is 0 Å². The Hall–Kier alpha value is -0.800. The van der Waals surface area contributed by atoms with Gasteiger partial charge in [0.05, 0.1) is 12.3 Å². The van der Waals surface area contributed by atoms with E-state index in [4.69, 9.17) is 10.2 Å². The summed E-state index contributed by atoms with van der Waals surface area (Å²) in [6, 6.07) is 2.51. The molecule has 90 valence electrons. The van der Waals surface area contributed by atoms with Crippen LogP contribution < -0.4 is 5.73 Å². The van der Waals surface area contributed by atoms with Gasteiger partial charge in [-0.15, -0.1) is 0 Å². The summed E-state index contributed by atoms with van der Waals surface area (Å²) < 4.78 is 5.61. The Labute approximate surface area is 97.6 Å². The van der Waals surface area contributed by atoms with Crippen LogP contribution >= 0.6 is 0 Å². The van der Waals surface area contributed by atoms with E-state index in [1.54, 1.807) is 6.26 Å². The van der Waals surface area contributed by atoms with Gasteiger partial charge in [0.15, 0.2) is 0 Å². The maximum absolute atomic E-state index is 6.20. The fraction of sp³-hybridized carbons (Fsp3) is 0.692. The van der Waals surface area contributed by atoms with E-state index in [1.165, 1.54) is 5.56 Å². The summed E-state index contributed by atoms with van der Waals surface area (Å²) in [5.41, 5.74) is 7.42. The fourth-order valence-electron chi connectivity index (χ4n) is 2.60. The van der Waals surface area contributed by atoms with Crippen molar-refractivity contribution in [2.45, 2.75) is 39.3 Å². The second kappa shape index (κ2) is 4.60. The molecule has 1 saturated heterocycles. The van der Waals surface area contributed by atoms with Crippen LogP contribution in [-0.4, -0.2) is 24.0 Å². The Morgan fingerprint density at radius 3 is 2.88 bits per heavy atom. The molecule has 16 heavy (non-hydrogen) atoms. The molecule has 2 N–H and O–H groups in total. The molecular weight excluding hydrogens is 200 g/mol. The molecular formula is C13H22N2O. The van der Waals surface area contributed by atoms with E-state index in [1.807, 2.05) is 6.07 Å². The largest absolute Gasteiger partial charge is 0.467 e. The third-order valence-electron chi connectivity index (χ3n) is 3.32. The van der Waals surface area contributed by atoms with E-state index in [9.17, 15) is 0 Å². The highest BCUT2D eigenvalue weighted by atomic mass is 16.3. The Morgan fingerprint density at radius 1 is 1.56 bits per heavy atom. The second-order valence-corrected chi connectivity index (χ2v) is 5.25. The normalized spacial score (nSPS) is 26.8. The van der Waals surface area contributed by atoms with Crippen molar-refractivity contribution in [3.63, 3.8) is 0 Å². The van der Waals surface area contributed by atoms with Gasteiger partial charge >= 0.3 is 0 Å². The quantitative estimate of drug-likeness (QED) is 0.853. The number of hydrogen-bond donors (Lipinski definition) is 1. The highest BCUT2D eigenvalue weighted by molar-refractivity contribution is 5.21. The molecule has 3 nitrogen and oxygen atoms in total. The second-order valence-electron chi connectivity index (χ2n) is 5.25. The smallest absolute Gasteiger partial charge is 0.125 e. The van der Waals surface area contributed by atoms with E-state index < -0.39 is 0 Å². The summed E-state index contributed by atoms with van der Waals surface area (Å²) in [6.45, 7) is 8.77. The minimum Gasteiger partial charge on any atom is -0.467 e. The predicted octanol–water partition coefficient (Wildman–Crippen LogP) is 2.32. The van der Waals surface area contributed by atoms with E-state index >= 15 is 0 Å². The van der Waals surface area contributed by atoms with Gasteiger partial charge in [-0.05, 0) is 30.9 Å². The Kier molecular flexibility index (Phi) is 3.36. The third-order valence-corrected chi connectivity index (χ3v) is 3.32. The van der Waals surface area contributed by atoms with Crippen molar-refractivity contribution >= 4 is 0 Å². The van der Waals surface area contributed by atoms with Crippen molar-refractivity contribution < 1.29 is 4.42 Å². The third kappa shape index (κ3) is 2.15. The van der Waals surface area contributed by atoms with Crippen LogP contribution in [-0.2, 0) is 0 Å². The van der Waals surface area contributed by atoms with Crippen molar-refractivity contribution in [1.82, 2.24) is 4.90 Å². The average Bonchev–Trinajstić information content (AvgIpc) is 2.73. The highest BCUT2D eigenvalue weighted by Gasteiger charge is 2.35. The van der Waals surface area contributed by atoms with Gasteiger partial charge in [0.1, 0.15) is 5.76 Å². The maximum atomic E-state index is 6.20. The van der Waals surface area contributed by atoms with Gasteiger partial charge in [0.25, 0.3) is 0 Å². The zero-order valence-electron chi connectivity index (χ0n) is 10.4. The fourth-order valence-corrected chi connectivity index (χ4v) is 2.60. The first kappa shape index (κ1) is 11.7. The van der Waals surface area contributed by atoms with Crippen molar-refractivity contribution in [1.29, 1.82) is 0 Å². The molecule has 1 fully saturated rings.